The summed E-state index contributed by atoms with van der Waals surface area (Å²) in [6.07, 6.45) is 0.443. The zero-order valence-corrected chi connectivity index (χ0v) is 11.0. The molecule has 1 fully saturated rings. The van der Waals surface area contributed by atoms with Crippen molar-refractivity contribution < 1.29 is 14.6 Å². The SMILES string of the molecule is COC(OC)c1cccc(C2(O)CCSC2)c1. The number of benzene rings is 1. The van der Waals surface area contributed by atoms with Crippen LogP contribution in [0.3, 0.4) is 0 Å². The number of methoxy groups -OCH3 is 2. The van der Waals surface area contributed by atoms with E-state index in [1.807, 2.05) is 24.3 Å². The topological polar surface area (TPSA) is 38.7 Å². The lowest BCUT2D eigenvalue weighted by atomic mass is 9.92. The molecule has 94 valence electrons. The lowest BCUT2D eigenvalue weighted by Gasteiger charge is -2.23. The Morgan fingerprint density at radius 3 is 2.71 bits per heavy atom. The third-order valence-corrected chi connectivity index (χ3v) is 4.30. The van der Waals surface area contributed by atoms with E-state index in [2.05, 4.69) is 0 Å². The maximum atomic E-state index is 10.5. The summed E-state index contributed by atoms with van der Waals surface area (Å²) in [7, 11) is 3.22. The van der Waals surface area contributed by atoms with Gasteiger partial charge in [0.15, 0.2) is 6.29 Å². The second-order valence-corrected chi connectivity index (χ2v) is 5.37. The van der Waals surface area contributed by atoms with Crippen LogP contribution >= 0.6 is 11.8 Å². The van der Waals surface area contributed by atoms with E-state index >= 15 is 0 Å². The highest BCUT2D eigenvalue weighted by Gasteiger charge is 2.33. The average molecular weight is 254 g/mol. The predicted octanol–water partition coefficient (Wildman–Crippen LogP) is 2.30. The van der Waals surface area contributed by atoms with Gasteiger partial charge in [0.2, 0.25) is 0 Å². The monoisotopic (exact) mass is 254 g/mol. The maximum Gasteiger partial charge on any atom is 0.183 e. The van der Waals surface area contributed by atoms with Gasteiger partial charge in [-0.15, -0.1) is 0 Å². The van der Waals surface area contributed by atoms with Crippen molar-refractivity contribution in [3.8, 4) is 0 Å². The minimum Gasteiger partial charge on any atom is -0.384 e. The van der Waals surface area contributed by atoms with Crippen LogP contribution in [0.15, 0.2) is 24.3 Å². The summed E-state index contributed by atoms with van der Waals surface area (Å²) in [4.78, 5) is 0. The largest absolute Gasteiger partial charge is 0.384 e. The van der Waals surface area contributed by atoms with E-state index in [0.29, 0.717) is 0 Å². The Hall–Kier alpha value is -0.550. The van der Waals surface area contributed by atoms with Crippen LogP contribution in [0.4, 0.5) is 0 Å². The van der Waals surface area contributed by atoms with Crippen molar-refractivity contribution in [2.24, 2.45) is 0 Å². The van der Waals surface area contributed by atoms with Gasteiger partial charge in [0.25, 0.3) is 0 Å². The second kappa shape index (κ2) is 5.40. The molecule has 1 aliphatic heterocycles. The first-order valence-corrected chi connectivity index (χ1v) is 6.81. The summed E-state index contributed by atoms with van der Waals surface area (Å²) < 4.78 is 10.5. The minimum atomic E-state index is -0.688. The van der Waals surface area contributed by atoms with Crippen molar-refractivity contribution in [1.82, 2.24) is 0 Å². The molecule has 0 aliphatic carbocycles. The van der Waals surface area contributed by atoms with Gasteiger partial charge in [0.05, 0.1) is 5.60 Å². The molecule has 0 spiro atoms. The van der Waals surface area contributed by atoms with E-state index in [0.717, 1.165) is 29.1 Å². The van der Waals surface area contributed by atoms with E-state index in [-0.39, 0.29) is 6.29 Å². The third kappa shape index (κ3) is 2.65. The summed E-state index contributed by atoms with van der Waals surface area (Å²) in [6.45, 7) is 0. The molecule has 17 heavy (non-hydrogen) atoms. The lowest BCUT2D eigenvalue weighted by Crippen LogP contribution is -2.25. The standard InChI is InChI=1S/C13H18O3S/c1-15-12(16-2)10-4-3-5-11(8-10)13(14)6-7-17-9-13/h3-5,8,12,14H,6-7,9H2,1-2H3. The zero-order chi connectivity index (χ0) is 12.3. The van der Waals surface area contributed by atoms with Crippen molar-refractivity contribution in [2.45, 2.75) is 18.3 Å². The second-order valence-electron chi connectivity index (χ2n) is 4.26. The van der Waals surface area contributed by atoms with Crippen molar-refractivity contribution in [3.63, 3.8) is 0 Å². The van der Waals surface area contributed by atoms with Crippen LogP contribution < -0.4 is 0 Å². The van der Waals surface area contributed by atoms with Gasteiger partial charge in [-0.1, -0.05) is 18.2 Å². The Morgan fingerprint density at radius 1 is 1.35 bits per heavy atom. The third-order valence-electron chi connectivity index (χ3n) is 3.13. The van der Waals surface area contributed by atoms with Gasteiger partial charge in [-0.3, -0.25) is 0 Å². The Labute approximate surface area is 106 Å². The van der Waals surface area contributed by atoms with Crippen LogP contribution in [0.2, 0.25) is 0 Å². The molecule has 1 aromatic carbocycles. The number of rotatable bonds is 4. The Bertz CT molecular complexity index is 371. The van der Waals surface area contributed by atoms with E-state index in [1.165, 1.54) is 0 Å². The molecule has 3 nitrogen and oxygen atoms in total. The molecule has 0 aromatic heterocycles. The molecule has 1 heterocycles. The van der Waals surface area contributed by atoms with Crippen LogP contribution in [0, 0.1) is 0 Å². The van der Waals surface area contributed by atoms with Crippen molar-refractivity contribution in [2.75, 3.05) is 25.7 Å². The van der Waals surface area contributed by atoms with Crippen molar-refractivity contribution >= 4 is 11.8 Å². The van der Waals surface area contributed by atoms with Crippen molar-refractivity contribution in [1.29, 1.82) is 0 Å². The fourth-order valence-electron chi connectivity index (χ4n) is 2.12. The fourth-order valence-corrected chi connectivity index (χ4v) is 3.40. The van der Waals surface area contributed by atoms with Crippen LogP contribution in [-0.2, 0) is 15.1 Å². The number of hydrogen-bond donors (Lipinski definition) is 1. The van der Waals surface area contributed by atoms with Gasteiger partial charge >= 0.3 is 0 Å². The Balaban J connectivity index is 2.27. The van der Waals surface area contributed by atoms with Gasteiger partial charge < -0.3 is 14.6 Å². The first-order chi connectivity index (χ1) is 8.19. The molecular formula is C13H18O3S. The average Bonchev–Trinajstić information content (AvgIpc) is 2.80. The Kier molecular flexibility index (Phi) is 4.09. The summed E-state index contributed by atoms with van der Waals surface area (Å²) in [5.41, 5.74) is 1.21. The lowest BCUT2D eigenvalue weighted by molar-refractivity contribution is -0.106. The van der Waals surface area contributed by atoms with E-state index in [1.54, 1.807) is 26.0 Å². The number of ether oxygens (including phenoxy) is 2. The van der Waals surface area contributed by atoms with Gasteiger partial charge in [0, 0.05) is 25.5 Å². The van der Waals surface area contributed by atoms with Crippen LogP contribution in [0.5, 0.6) is 0 Å². The van der Waals surface area contributed by atoms with Gasteiger partial charge in [0.1, 0.15) is 0 Å². The summed E-state index contributed by atoms with van der Waals surface area (Å²) in [5, 5.41) is 10.5. The van der Waals surface area contributed by atoms with E-state index < -0.39 is 5.60 Å². The molecule has 2 rings (SSSR count). The highest BCUT2D eigenvalue weighted by atomic mass is 32.2. The molecule has 1 saturated heterocycles. The highest BCUT2D eigenvalue weighted by molar-refractivity contribution is 7.99. The number of thioether (sulfide) groups is 1. The number of hydrogen-bond acceptors (Lipinski definition) is 4. The molecule has 0 amide bonds. The molecule has 0 bridgehead atoms. The maximum absolute atomic E-state index is 10.5. The summed E-state index contributed by atoms with van der Waals surface area (Å²) >= 11 is 1.79. The normalized spacial score (nSPS) is 24.5. The quantitative estimate of drug-likeness (QED) is 0.837. The smallest absolute Gasteiger partial charge is 0.183 e. The molecule has 4 heteroatoms. The first kappa shape index (κ1) is 12.9. The molecule has 1 unspecified atom stereocenters. The first-order valence-electron chi connectivity index (χ1n) is 5.66. The van der Waals surface area contributed by atoms with Gasteiger partial charge in [-0.05, 0) is 23.8 Å². The summed E-state index contributed by atoms with van der Waals surface area (Å²) in [6, 6.07) is 7.84. The minimum absolute atomic E-state index is 0.368. The van der Waals surface area contributed by atoms with Crippen LogP contribution in [-0.4, -0.2) is 30.8 Å². The molecule has 0 radical (unpaired) electrons. The Morgan fingerprint density at radius 2 is 2.12 bits per heavy atom. The van der Waals surface area contributed by atoms with E-state index in [4.69, 9.17) is 9.47 Å². The fraction of sp³-hybridized carbons (Fsp3) is 0.538. The van der Waals surface area contributed by atoms with Gasteiger partial charge in [-0.25, -0.2) is 0 Å². The molecule has 0 saturated carbocycles. The van der Waals surface area contributed by atoms with Gasteiger partial charge in [-0.2, -0.15) is 11.8 Å². The molecular weight excluding hydrogens is 236 g/mol. The molecule has 1 aliphatic rings. The highest BCUT2D eigenvalue weighted by Crippen LogP contribution is 2.37. The zero-order valence-electron chi connectivity index (χ0n) is 10.2. The summed E-state index contributed by atoms with van der Waals surface area (Å²) in [5.74, 6) is 1.78. The number of aliphatic hydroxyl groups is 1. The van der Waals surface area contributed by atoms with Crippen LogP contribution in [0.1, 0.15) is 23.8 Å². The molecule has 1 aromatic rings. The predicted molar refractivity (Wildman–Crippen MR) is 69.0 cm³/mol. The van der Waals surface area contributed by atoms with Crippen LogP contribution in [0.25, 0.3) is 0 Å². The molecule has 1 N–H and O–H groups in total. The molecule has 1 atom stereocenters. The van der Waals surface area contributed by atoms with Crippen molar-refractivity contribution in [3.05, 3.63) is 35.4 Å². The van der Waals surface area contributed by atoms with E-state index in [9.17, 15) is 5.11 Å².